The Kier molecular flexibility index (Phi) is 7.49. The van der Waals surface area contributed by atoms with Gasteiger partial charge in [-0.05, 0) is 48.7 Å². The van der Waals surface area contributed by atoms with Gasteiger partial charge in [-0.1, -0.05) is 31.2 Å². The van der Waals surface area contributed by atoms with Gasteiger partial charge in [0.15, 0.2) is 13.1 Å². The highest BCUT2D eigenvalue weighted by Crippen LogP contribution is 2.13. The predicted octanol–water partition coefficient (Wildman–Crippen LogP) is 1.72. The summed E-state index contributed by atoms with van der Waals surface area (Å²) >= 11 is 0. The number of hydrogen-bond donors (Lipinski definition) is 3. The van der Waals surface area contributed by atoms with Crippen LogP contribution in [0.25, 0.3) is 0 Å². The lowest BCUT2D eigenvalue weighted by Gasteiger charge is -2.17. The Balaban J connectivity index is 1.78. The van der Waals surface area contributed by atoms with Gasteiger partial charge in [0, 0.05) is 5.69 Å². The molecule has 0 aliphatic heterocycles. The number of aryl methyl sites for hydroxylation is 1. The summed E-state index contributed by atoms with van der Waals surface area (Å²) in [6.45, 7) is 4.37. The smallest absolute Gasteiger partial charge is 0.279 e. The van der Waals surface area contributed by atoms with Crippen LogP contribution in [0.2, 0.25) is 0 Å². The molecule has 0 saturated heterocycles. The van der Waals surface area contributed by atoms with E-state index in [1.54, 1.807) is 7.05 Å². The largest absolute Gasteiger partial charge is 0.345 e. The number of hydrogen-bond acceptors (Lipinski definition) is 2. The number of nitrogens with one attached hydrogen (secondary N) is 3. The van der Waals surface area contributed by atoms with Gasteiger partial charge < -0.3 is 15.5 Å². The van der Waals surface area contributed by atoms with Crippen LogP contribution < -0.4 is 15.5 Å². The van der Waals surface area contributed by atoms with Crippen molar-refractivity contribution in [3.8, 4) is 0 Å². The molecule has 1 unspecified atom stereocenters. The minimum absolute atomic E-state index is 0.0933. The topological polar surface area (TPSA) is 62.6 Å². The van der Waals surface area contributed by atoms with E-state index < -0.39 is 0 Å². The second kappa shape index (κ2) is 9.83. The van der Waals surface area contributed by atoms with Crippen molar-refractivity contribution in [3.05, 3.63) is 65.5 Å². The van der Waals surface area contributed by atoms with Crippen molar-refractivity contribution in [1.29, 1.82) is 0 Å². The Labute approximate surface area is 159 Å². The van der Waals surface area contributed by atoms with Gasteiger partial charge in [-0.3, -0.25) is 9.59 Å². The quantitative estimate of drug-likeness (QED) is 0.661. The first kappa shape index (κ1) is 20.6. The zero-order valence-electron chi connectivity index (χ0n) is 16.0. The molecule has 0 radical (unpaired) electrons. The number of likely N-dealkylation sites (N-methyl/N-ethyl adjacent to an activating group) is 1. The zero-order valence-corrected chi connectivity index (χ0v) is 16.0. The highest BCUT2D eigenvalue weighted by Gasteiger charge is 2.16. The molecule has 2 amide bonds. The molecule has 0 bridgehead atoms. The van der Waals surface area contributed by atoms with E-state index in [9.17, 15) is 14.0 Å². The van der Waals surface area contributed by atoms with Gasteiger partial charge in [-0.15, -0.1) is 0 Å². The van der Waals surface area contributed by atoms with Gasteiger partial charge in [0.2, 0.25) is 0 Å². The van der Waals surface area contributed by atoms with E-state index in [4.69, 9.17) is 0 Å². The number of carbonyl (C=O) groups is 2. The van der Waals surface area contributed by atoms with Crippen LogP contribution >= 0.6 is 0 Å². The van der Waals surface area contributed by atoms with Crippen LogP contribution in [-0.2, 0) is 16.0 Å². The van der Waals surface area contributed by atoms with Crippen molar-refractivity contribution in [2.75, 3.05) is 25.5 Å². The molecule has 0 aliphatic rings. The minimum atomic E-state index is -0.356. The second-order valence-corrected chi connectivity index (χ2v) is 6.75. The summed E-state index contributed by atoms with van der Waals surface area (Å²) in [5, 5.41) is 5.65. The SMILES string of the molecule is CCc1ccc([C@@H](C)NC(=O)C[NH+](C)CC(=O)Nc2ccc(F)cc2)cc1. The van der Waals surface area contributed by atoms with Crippen molar-refractivity contribution in [2.45, 2.75) is 26.3 Å². The molecule has 0 aromatic heterocycles. The van der Waals surface area contributed by atoms with E-state index in [1.807, 2.05) is 19.1 Å². The second-order valence-electron chi connectivity index (χ2n) is 6.75. The first-order valence-electron chi connectivity index (χ1n) is 9.12. The molecule has 0 fully saturated rings. The number of benzene rings is 2. The summed E-state index contributed by atoms with van der Waals surface area (Å²) in [5.74, 6) is -0.699. The van der Waals surface area contributed by atoms with Crippen molar-refractivity contribution < 1.29 is 18.9 Å². The summed E-state index contributed by atoms with van der Waals surface area (Å²) in [6.07, 6.45) is 0.981. The standard InChI is InChI=1S/C21H26FN3O2/c1-4-16-5-7-17(8-6-16)15(2)23-20(26)13-25(3)14-21(27)24-19-11-9-18(22)10-12-19/h5-12,15H,4,13-14H2,1-3H3,(H,23,26)(H,24,27)/p+1/t15-/m1/s1. The third kappa shape index (κ3) is 6.83. The number of quaternary nitrogens is 1. The third-order valence-electron chi connectivity index (χ3n) is 4.32. The summed E-state index contributed by atoms with van der Waals surface area (Å²) in [6, 6.07) is 13.7. The average Bonchev–Trinajstić information content (AvgIpc) is 2.63. The molecule has 2 atom stereocenters. The van der Waals surface area contributed by atoms with Gasteiger partial charge in [-0.25, -0.2) is 4.39 Å². The summed E-state index contributed by atoms with van der Waals surface area (Å²) in [7, 11) is 1.78. The fraction of sp³-hybridized carbons (Fsp3) is 0.333. The highest BCUT2D eigenvalue weighted by atomic mass is 19.1. The van der Waals surface area contributed by atoms with Gasteiger partial charge in [0.25, 0.3) is 11.8 Å². The molecule has 2 rings (SSSR count). The molecule has 0 heterocycles. The van der Waals surface area contributed by atoms with Gasteiger partial charge >= 0.3 is 0 Å². The molecule has 0 saturated carbocycles. The van der Waals surface area contributed by atoms with Crippen molar-refractivity contribution >= 4 is 17.5 Å². The van der Waals surface area contributed by atoms with E-state index in [0.717, 1.165) is 16.9 Å². The Hall–Kier alpha value is -2.73. The van der Waals surface area contributed by atoms with Crippen LogP contribution in [-0.4, -0.2) is 32.0 Å². The monoisotopic (exact) mass is 372 g/mol. The molecular formula is C21H27FN3O2+. The Morgan fingerprint density at radius 2 is 1.59 bits per heavy atom. The molecule has 3 N–H and O–H groups in total. The summed E-state index contributed by atoms with van der Waals surface area (Å²) in [5.41, 5.74) is 2.84. The van der Waals surface area contributed by atoms with E-state index >= 15 is 0 Å². The number of carbonyl (C=O) groups excluding carboxylic acids is 2. The predicted molar refractivity (Wildman–Crippen MR) is 104 cm³/mol. The summed E-state index contributed by atoms with van der Waals surface area (Å²) in [4.78, 5) is 25.0. The third-order valence-corrected chi connectivity index (χ3v) is 4.32. The van der Waals surface area contributed by atoms with Crippen molar-refractivity contribution in [2.24, 2.45) is 0 Å². The van der Waals surface area contributed by atoms with Crippen LogP contribution in [0.15, 0.2) is 48.5 Å². The van der Waals surface area contributed by atoms with E-state index in [2.05, 4.69) is 29.7 Å². The number of halogens is 1. The Bertz CT molecular complexity index is 760. The zero-order chi connectivity index (χ0) is 19.8. The van der Waals surface area contributed by atoms with Crippen LogP contribution in [0, 0.1) is 5.82 Å². The lowest BCUT2D eigenvalue weighted by atomic mass is 10.1. The number of amides is 2. The first-order chi connectivity index (χ1) is 12.9. The number of rotatable bonds is 8. The molecule has 2 aromatic rings. The molecule has 27 heavy (non-hydrogen) atoms. The lowest BCUT2D eigenvalue weighted by molar-refractivity contribution is -0.862. The van der Waals surface area contributed by atoms with Gasteiger partial charge in [0.1, 0.15) is 5.82 Å². The van der Waals surface area contributed by atoms with Crippen LogP contribution in [0.5, 0.6) is 0 Å². The van der Waals surface area contributed by atoms with Crippen LogP contribution in [0.3, 0.4) is 0 Å². The highest BCUT2D eigenvalue weighted by molar-refractivity contribution is 5.91. The maximum Gasteiger partial charge on any atom is 0.279 e. The molecular weight excluding hydrogens is 345 g/mol. The van der Waals surface area contributed by atoms with Gasteiger partial charge in [-0.2, -0.15) is 0 Å². The molecule has 144 valence electrons. The molecule has 5 nitrogen and oxygen atoms in total. The molecule has 0 spiro atoms. The Morgan fingerprint density at radius 1 is 1.00 bits per heavy atom. The van der Waals surface area contributed by atoms with Crippen molar-refractivity contribution in [1.82, 2.24) is 5.32 Å². The van der Waals surface area contributed by atoms with E-state index in [0.29, 0.717) is 5.69 Å². The minimum Gasteiger partial charge on any atom is -0.345 e. The molecule has 0 aliphatic carbocycles. The molecule has 6 heteroatoms. The average molecular weight is 372 g/mol. The molecule has 2 aromatic carbocycles. The maximum atomic E-state index is 12.9. The summed E-state index contributed by atoms with van der Waals surface area (Å²) < 4.78 is 12.9. The van der Waals surface area contributed by atoms with E-state index in [-0.39, 0.29) is 36.8 Å². The van der Waals surface area contributed by atoms with Crippen LogP contribution in [0.1, 0.15) is 31.0 Å². The fourth-order valence-corrected chi connectivity index (χ4v) is 2.77. The maximum absolute atomic E-state index is 12.9. The lowest BCUT2D eigenvalue weighted by Crippen LogP contribution is -3.11. The van der Waals surface area contributed by atoms with Crippen molar-refractivity contribution in [3.63, 3.8) is 0 Å². The van der Waals surface area contributed by atoms with Gasteiger partial charge in [0.05, 0.1) is 13.1 Å². The van der Waals surface area contributed by atoms with Crippen LogP contribution in [0.4, 0.5) is 10.1 Å². The fourth-order valence-electron chi connectivity index (χ4n) is 2.77. The normalized spacial score (nSPS) is 12.9. The first-order valence-corrected chi connectivity index (χ1v) is 9.12. The Morgan fingerprint density at radius 3 is 2.19 bits per heavy atom. The number of anilines is 1. The van der Waals surface area contributed by atoms with E-state index in [1.165, 1.54) is 29.8 Å².